The highest BCUT2D eigenvalue weighted by molar-refractivity contribution is 7.26. The molecule has 0 bridgehead atoms. The summed E-state index contributed by atoms with van der Waals surface area (Å²) in [6.07, 6.45) is 6.49. The van der Waals surface area contributed by atoms with Crippen LogP contribution in [0.4, 0.5) is 0 Å². The van der Waals surface area contributed by atoms with Crippen LogP contribution in [0.15, 0.2) is 211 Å². The number of thiophene rings is 1. The van der Waals surface area contributed by atoms with Gasteiger partial charge in [0.25, 0.3) is 0 Å². The average Bonchev–Trinajstić information content (AvgIpc) is 3.93. The van der Waals surface area contributed by atoms with Gasteiger partial charge >= 0.3 is 0 Å². The summed E-state index contributed by atoms with van der Waals surface area (Å²) < 4.78 is 9.11. The van der Waals surface area contributed by atoms with Crippen LogP contribution < -0.4 is 0 Å². The van der Waals surface area contributed by atoms with Crippen molar-refractivity contribution >= 4 is 109 Å². The van der Waals surface area contributed by atoms with Crippen molar-refractivity contribution in [2.24, 2.45) is 0 Å². The molecule has 11 aromatic carbocycles. The first-order valence-electron chi connectivity index (χ1n) is 22.3. The van der Waals surface area contributed by atoms with Gasteiger partial charge in [-0.25, -0.2) is 0 Å². The summed E-state index contributed by atoms with van der Waals surface area (Å²) in [6, 6.07) is 71.1. The van der Waals surface area contributed by atoms with E-state index in [4.69, 9.17) is 4.42 Å². The van der Waals surface area contributed by atoms with Gasteiger partial charge in [0.2, 0.25) is 0 Å². The molecule has 0 aliphatic carbocycles. The summed E-state index contributed by atoms with van der Waals surface area (Å²) in [6.45, 7) is 6.62. The van der Waals surface area contributed by atoms with Crippen LogP contribution in [0, 0.1) is 0 Å². The van der Waals surface area contributed by atoms with E-state index >= 15 is 0 Å². The van der Waals surface area contributed by atoms with Gasteiger partial charge in [-0.05, 0) is 131 Å². The summed E-state index contributed by atoms with van der Waals surface area (Å²) in [4.78, 5) is 0. The molecule has 304 valence electrons. The Bertz CT molecular complexity index is 4080. The molecule has 65 heavy (non-hydrogen) atoms. The zero-order valence-corrected chi connectivity index (χ0v) is 36.5. The van der Waals surface area contributed by atoms with Crippen LogP contribution in [0.25, 0.3) is 142 Å². The van der Waals surface area contributed by atoms with Crippen molar-refractivity contribution in [2.45, 2.75) is 6.92 Å². The first-order chi connectivity index (χ1) is 32.2. The Labute approximate surface area is 380 Å². The molecule has 1 nitrogen and oxygen atoms in total. The van der Waals surface area contributed by atoms with Crippen molar-refractivity contribution in [1.82, 2.24) is 0 Å². The third-order valence-electron chi connectivity index (χ3n) is 13.5. The third kappa shape index (κ3) is 5.64. The second-order valence-electron chi connectivity index (χ2n) is 17.0. The maximum Gasteiger partial charge on any atom is 0.143 e. The SMILES string of the molecule is C=Cc1c(/C=C\C)c(-c2ccc3oc4c5ccccc5ccc4c3c2)c2ccccc2c1-c1cccc2sc3cc(-c4c5ccccc5c(-c5ccccc5)c5ccccc45)ccc3c12. The number of hydrogen-bond donors (Lipinski definition) is 0. The van der Waals surface area contributed by atoms with Crippen molar-refractivity contribution in [3.8, 4) is 44.5 Å². The molecular formula is C63H40OS. The Morgan fingerprint density at radius 1 is 0.415 bits per heavy atom. The lowest BCUT2D eigenvalue weighted by molar-refractivity contribution is 0.672. The summed E-state index contributed by atoms with van der Waals surface area (Å²) in [7, 11) is 0. The number of benzene rings is 11. The zero-order valence-electron chi connectivity index (χ0n) is 35.7. The van der Waals surface area contributed by atoms with Gasteiger partial charge < -0.3 is 4.42 Å². The van der Waals surface area contributed by atoms with E-state index in [1.54, 1.807) is 0 Å². The summed E-state index contributed by atoms with van der Waals surface area (Å²) in [5.74, 6) is 0. The fraction of sp³-hybridized carbons (Fsp3) is 0.0159. The molecule has 13 rings (SSSR count). The molecule has 0 radical (unpaired) electrons. The van der Waals surface area contributed by atoms with E-state index < -0.39 is 0 Å². The van der Waals surface area contributed by atoms with Crippen molar-refractivity contribution in [3.05, 3.63) is 218 Å². The van der Waals surface area contributed by atoms with E-state index in [1.807, 2.05) is 11.3 Å². The van der Waals surface area contributed by atoms with E-state index in [0.29, 0.717) is 0 Å². The Morgan fingerprint density at radius 3 is 1.69 bits per heavy atom. The Morgan fingerprint density at radius 2 is 1.00 bits per heavy atom. The Balaban J connectivity index is 1.03. The van der Waals surface area contributed by atoms with Gasteiger partial charge in [-0.3, -0.25) is 0 Å². The Kier molecular flexibility index (Phi) is 8.53. The lowest BCUT2D eigenvalue weighted by Gasteiger charge is -2.21. The highest BCUT2D eigenvalue weighted by atomic mass is 32.1. The second-order valence-corrected chi connectivity index (χ2v) is 18.1. The van der Waals surface area contributed by atoms with Crippen LogP contribution in [0.5, 0.6) is 0 Å². The number of fused-ring (bicyclic) bond motifs is 11. The fourth-order valence-corrected chi connectivity index (χ4v) is 12.0. The maximum absolute atomic E-state index is 6.57. The molecule has 0 saturated carbocycles. The minimum atomic E-state index is 0.891. The van der Waals surface area contributed by atoms with Gasteiger partial charge in [-0.15, -0.1) is 11.3 Å². The quantitative estimate of drug-likeness (QED) is 0.152. The number of furan rings is 1. The standard InChI is InChI=1S/C63H40OS/c1-3-17-44-42(4-2)61(50-27-15-14-26-49(50)59(44)40-32-35-55-54(36-40)51-33-30-38-18-8-9-21-43(38)63(51)64-55)53-28-16-29-56-62(53)52-34-31-41(37-57(52)65-56)60-47-24-12-10-22-45(47)58(39-19-6-5-7-20-39)46-23-11-13-25-48(46)60/h3-37H,2H2,1H3/b17-3-. The van der Waals surface area contributed by atoms with Crippen molar-refractivity contribution in [3.63, 3.8) is 0 Å². The molecule has 0 aliphatic rings. The van der Waals surface area contributed by atoms with Crippen molar-refractivity contribution < 1.29 is 4.42 Å². The van der Waals surface area contributed by atoms with Crippen LogP contribution in [0.2, 0.25) is 0 Å². The number of rotatable bonds is 6. The van der Waals surface area contributed by atoms with Crippen molar-refractivity contribution in [1.29, 1.82) is 0 Å². The van der Waals surface area contributed by atoms with Crippen molar-refractivity contribution in [2.75, 3.05) is 0 Å². The van der Waals surface area contributed by atoms with E-state index in [2.05, 4.69) is 226 Å². The predicted molar refractivity (Wildman–Crippen MR) is 283 cm³/mol. The lowest BCUT2D eigenvalue weighted by Crippen LogP contribution is -1.96. The molecule has 2 heteroatoms. The zero-order chi connectivity index (χ0) is 43.2. The smallest absolute Gasteiger partial charge is 0.143 e. The van der Waals surface area contributed by atoms with Gasteiger partial charge in [0.1, 0.15) is 11.2 Å². The van der Waals surface area contributed by atoms with E-state index in [0.717, 1.165) is 44.0 Å². The normalized spacial score (nSPS) is 12.1. The van der Waals surface area contributed by atoms with E-state index in [1.165, 1.54) is 96.8 Å². The summed E-state index contributed by atoms with van der Waals surface area (Å²) in [5, 5.41) is 14.6. The Hall–Kier alpha value is -8.04. The minimum absolute atomic E-state index is 0.891. The van der Waals surface area contributed by atoms with Crippen LogP contribution in [0.3, 0.4) is 0 Å². The first kappa shape index (κ1) is 37.5. The fourth-order valence-electron chi connectivity index (χ4n) is 10.8. The van der Waals surface area contributed by atoms with Gasteiger partial charge in [-0.2, -0.15) is 0 Å². The first-order valence-corrected chi connectivity index (χ1v) is 23.1. The largest absolute Gasteiger partial charge is 0.455 e. The molecular weight excluding hydrogens is 805 g/mol. The number of allylic oxidation sites excluding steroid dienone is 1. The maximum atomic E-state index is 6.57. The van der Waals surface area contributed by atoms with E-state index in [-0.39, 0.29) is 0 Å². The van der Waals surface area contributed by atoms with Crippen LogP contribution in [0.1, 0.15) is 18.1 Å². The predicted octanol–water partition coefficient (Wildman–Crippen LogP) is 18.9. The second kappa shape index (κ2) is 14.8. The van der Waals surface area contributed by atoms with Crippen LogP contribution in [-0.2, 0) is 0 Å². The molecule has 0 spiro atoms. The summed E-state index contributed by atoms with van der Waals surface area (Å²) in [5.41, 5.74) is 13.9. The number of hydrogen-bond acceptors (Lipinski definition) is 2. The van der Waals surface area contributed by atoms with Gasteiger partial charge in [0, 0.05) is 36.3 Å². The molecule has 0 fully saturated rings. The molecule has 2 aromatic heterocycles. The van der Waals surface area contributed by atoms with Gasteiger partial charge in [-0.1, -0.05) is 189 Å². The topological polar surface area (TPSA) is 13.1 Å². The van der Waals surface area contributed by atoms with Gasteiger partial charge in [0.15, 0.2) is 0 Å². The molecule has 0 amide bonds. The molecule has 0 atom stereocenters. The molecule has 13 aromatic rings. The molecule has 2 heterocycles. The highest BCUT2D eigenvalue weighted by Gasteiger charge is 2.23. The lowest BCUT2D eigenvalue weighted by atomic mass is 9.82. The van der Waals surface area contributed by atoms with Gasteiger partial charge in [0.05, 0.1) is 0 Å². The van der Waals surface area contributed by atoms with Crippen LogP contribution in [-0.4, -0.2) is 0 Å². The highest BCUT2D eigenvalue weighted by Crippen LogP contribution is 2.50. The van der Waals surface area contributed by atoms with E-state index in [9.17, 15) is 0 Å². The molecule has 0 N–H and O–H groups in total. The summed E-state index contributed by atoms with van der Waals surface area (Å²) >= 11 is 1.88. The average molecular weight is 845 g/mol. The third-order valence-corrected chi connectivity index (χ3v) is 14.6. The van der Waals surface area contributed by atoms with Crippen LogP contribution >= 0.6 is 11.3 Å². The molecule has 0 unspecified atom stereocenters. The minimum Gasteiger partial charge on any atom is -0.455 e. The molecule has 0 saturated heterocycles. The monoisotopic (exact) mass is 844 g/mol. The molecule has 0 aliphatic heterocycles.